The van der Waals surface area contributed by atoms with Gasteiger partial charge in [-0.3, -0.25) is 15.2 Å². The molecule has 5 rings (SSSR count). The van der Waals surface area contributed by atoms with Crippen molar-refractivity contribution in [2.45, 2.75) is 13.0 Å². The molecule has 34 heavy (non-hydrogen) atoms. The minimum Gasteiger partial charge on any atom is -0.489 e. The number of fused-ring (bicyclic) bond motifs is 2. The Morgan fingerprint density at radius 2 is 1.88 bits per heavy atom. The highest BCUT2D eigenvalue weighted by Crippen LogP contribution is 2.38. The molecule has 0 saturated carbocycles. The summed E-state index contributed by atoms with van der Waals surface area (Å²) in [5.74, 6) is -3.50. The number of halogens is 3. The van der Waals surface area contributed by atoms with Crippen LogP contribution in [0.15, 0.2) is 59.0 Å². The fourth-order valence-electron chi connectivity index (χ4n) is 4.18. The van der Waals surface area contributed by atoms with E-state index < -0.39 is 29.4 Å². The largest absolute Gasteiger partial charge is 0.489 e. The third kappa shape index (κ3) is 3.63. The number of benzene rings is 3. The summed E-state index contributed by atoms with van der Waals surface area (Å²) in [7, 11) is 0. The van der Waals surface area contributed by atoms with Crippen LogP contribution in [0.1, 0.15) is 29.1 Å². The number of nitrogens with one attached hydrogen (secondary N) is 1. The molecular weight excluding hydrogens is 447 g/mol. The number of anilines is 1. The van der Waals surface area contributed by atoms with E-state index in [1.165, 1.54) is 6.07 Å². The number of ether oxygens (including phenoxy) is 1. The monoisotopic (exact) mass is 467 g/mol. The van der Waals surface area contributed by atoms with E-state index in [1.807, 2.05) is 12.1 Å². The number of para-hydroxylation sites is 3. The molecule has 1 amide bonds. The Morgan fingerprint density at radius 1 is 1.09 bits per heavy atom. The number of hydrogen-bond acceptors (Lipinski definition) is 5. The van der Waals surface area contributed by atoms with Gasteiger partial charge in [0, 0.05) is 34.2 Å². The quantitative estimate of drug-likeness (QED) is 0.409. The fourth-order valence-corrected chi connectivity index (χ4v) is 4.18. The summed E-state index contributed by atoms with van der Waals surface area (Å²) in [6.07, 6.45) is 0. The number of hydrazine groups is 1. The first-order chi connectivity index (χ1) is 16.3. The van der Waals surface area contributed by atoms with Gasteiger partial charge >= 0.3 is 5.91 Å². The van der Waals surface area contributed by atoms with Crippen LogP contribution >= 0.6 is 0 Å². The molecule has 0 bridgehead atoms. The molecule has 4 aromatic rings. The first-order valence-corrected chi connectivity index (χ1v) is 10.6. The summed E-state index contributed by atoms with van der Waals surface area (Å²) in [4.78, 5) is 13.3. The van der Waals surface area contributed by atoms with E-state index in [4.69, 9.17) is 14.9 Å². The molecule has 1 atom stereocenters. The smallest absolute Gasteiger partial charge is 0.305 e. The molecule has 1 aliphatic rings. The summed E-state index contributed by atoms with van der Waals surface area (Å²) in [5, 5.41) is 2.09. The average Bonchev–Trinajstić information content (AvgIpc) is 3.22. The molecule has 3 N–H and O–H groups in total. The maximum absolute atomic E-state index is 14.6. The highest BCUT2D eigenvalue weighted by Gasteiger charge is 2.28. The van der Waals surface area contributed by atoms with Gasteiger partial charge < -0.3 is 14.9 Å². The standard InChI is InChI=1S/C25H20F3N3O3/c1-13(29)21-16-6-4-5-15(17-11-14(26)12-18(27)22(17)28)23(16)34-24(21)25(32)30-31-9-10-33-20-8-3-2-7-19(20)31/h2-8,11-13H,9-10,29H2,1H3,(H,30,32). The van der Waals surface area contributed by atoms with Gasteiger partial charge in [-0.25, -0.2) is 13.2 Å². The normalized spacial score (nSPS) is 14.0. The lowest BCUT2D eigenvalue weighted by atomic mass is 9.98. The SMILES string of the molecule is CC(N)c1c(C(=O)NN2CCOc3ccccc32)oc2c(-c3cc(F)cc(F)c3F)cccc12. The first-order valence-electron chi connectivity index (χ1n) is 10.6. The summed E-state index contributed by atoms with van der Waals surface area (Å²) >= 11 is 0. The third-order valence-corrected chi connectivity index (χ3v) is 5.66. The summed E-state index contributed by atoms with van der Waals surface area (Å²) in [5.41, 5.74) is 9.94. The van der Waals surface area contributed by atoms with Crippen LogP contribution < -0.4 is 20.9 Å². The number of hydrogen-bond donors (Lipinski definition) is 2. The molecule has 0 aliphatic carbocycles. The molecule has 174 valence electrons. The molecule has 0 spiro atoms. The molecule has 0 radical (unpaired) electrons. The van der Waals surface area contributed by atoms with Crippen LogP contribution in [0.4, 0.5) is 18.9 Å². The molecule has 0 fully saturated rings. The first kappa shape index (κ1) is 21.8. The van der Waals surface area contributed by atoms with Crippen molar-refractivity contribution in [2.24, 2.45) is 5.73 Å². The van der Waals surface area contributed by atoms with Gasteiger partial charge in [-0.1, -0.05) is 30.3 Å². The van der Waals surface area contributed by atoms with Crippen LogP contribution in [0.2, 0.25) is 0 Å². The zero-order valence-corrected chi connectivity index (χ0v) is 18.1. The van der Waals surface area contributed by atoms with Gasteiger partial charge in [0.2, 0.25) is 0 Å². The van der Waals surface area contributed by atoms with Crippen LogP contribution in [0, 0.1) is 17.5 Å². The van der Waals surface area contributed by atoms with Gasteiger partial charge in [-0.15, -0.1) is 0 Å². The van der Waals surface area contributed by atoms with Crippen molar-refractivity contribution in [1.29, 1.82) is 0 Å². The molecule has 1 unspecified atom stereocenters. The lowest BCUT2D eigenvalue weighted by molar-refractivity contribution is 0.0917. The zero-order valence-electron chi connectivity index (χ0n) is 18.1. The summed E-state index contributed by atoms with van der Waals surface area (Å²) in [6, 6.07) is 12.7. The summed E-state index contributed by atoms with van der Waals surface area (Å²) < 4.78 is 53.9. The van der Waals surface area contributed by atoms with Crippen molar-refractivity contribution in [3.8, 4) is 16.9 Å². The van der Waals surface area contributed by atoms with Gasteiger partial charge in [0.05, 0.1) is 12.2 Å². The van der Waals surface area contributed by atoms with E-state index in [9.17, 15) is 18.0 Å². The molecule has 6 nitrogen and oxygen atoms in total. The van der Waals surface area contributed by atoms with Crippen LogP contribution in [-0.4, -0.2) is 19.1 Å². The predicted molar refractivity (Wildman–Crippen MR) is 121 cm³/mol. The number of nitrogens with two attached hydrogens (primary N) is 1. The second-order valence-corrected chi connectivity index (χ2v) is 7.97. The Kier molecular flexibility index (Phi) is 5.41. The Balaban J connectivity index is 1.61. The minimum absolute atomic E-state index is 0.0706. The van der Waals surface area contributed by atoms with E-state index in [0.717, 1.165) is 6.07 Å². The molecule has 9 heteroatoms. The number of rotatable bonds is 4. The molecular formula is C25H20F3N3O3. The van der Waals surface area contributed by atoms with Crippen molar-refractivity contribution >= 4 is 22.6 Å². The van der Waals surface area contributed by atoms with Crippen molar-refractivity contribution in [2.75, 3.05) is 18.2 Å². The predicted octanol–water partition coefficient (Wildman–Crippen LogP) is 5.08. The van der Waals surface area contributed by atoms with Gasteiger partial charge in [-0.2, -0.15) is 0 Å². The molecule has 1 aliphatic heterocycles. The zero-order chi connectivity index (χ0) is 24.0. The topological polar surface area (TPSA) is 80.7 Å². The van der Waals surface area contributed by atoms with Gasteiger partial charge in [0.1, 0.15) is 23.8 Å². The highest BCUT2D eigenvalue weighted by molar-refractivity contribution is 6.03. The van der Waals surface area contributed by atoms with Crippen molar-refractivity contribution in [1.82, 2.24) is 5.43 Å². The number of nitrogens with zero attached hydrogens (tertiary/aromatic N) is 1. The van der Waals surface area contributed by atoms with Crippen LogP contribution in [0.3, 0.4) is 0 Å². The lowest BCUT2D eigenvalue weighted by Crippen LogP contribution is -2.46. The maximum Gasteiger partial charge on any atom is 0.305 e. The Hall–Kier alpha value is -3.98. The van der Waals surface area contributed by atoms with E-state index in [1.54, 1.807) is 36.2 Å². The van der Waals surface area contributed by atoms with Crippen molar-refractivity contribution < 1.29 is 27.1 Å². The average molecular weight is 467 g/mol. The Morgan fingerprint density at radius 3 is 2.68 bits per heavy atom. The summed E-state index contributed by atoms with van der Waals surface area (Å²) in [6.45, 7) is 2.45. The van der Waals surface area contributed by atoms with E-state index in [-0.39, 0.29) is 22.5 Å². The Labute approximate surface area is 192 Å². The van der Waals surface area contributed by atoms with Crippen molar-refractivity contribution in [3.63, 3.8) is 0 Å². The van der Waals surface area contributed by atoms with Crippen LogP contribution in [-0.2, 0) is 0 Å². The number of amides is 1. The third-order valence-electron chi connectivity index (χ3n) is 5.66. The van der Waals surface area contributed by atoms with E-state index in [0.29, 0.717) is 41.6 Å². The van der Waals surface area contributed by atoms with Crippen LogP contribution in [0.5, 0.6) is 5.75 Å². The van der Waals surface area contributed by atoms with Gasteiger partial charge in [0.15, 0.2) is 17.4 Å². The minimum atomic E-state index is -1.32. The molecule has 3 aromatic carbocycles. The van der Waals surface area contributed by atoms with Gasteiger partial charge in [0.25, 0.3) is 0 Å². The molecule has 2 heterocycles. The second-order valence-electron chi connectivity index (χ2n) is 7.97. The fraction of sp³-hybridized carbons (Fsp3) is 0.160. The number of carbonyl (C=O) groups is 1. The highest BCUT2D eigenvalue weighted by atomic mass is 19.2. The molecule has 0 saturated heterocycles. The van der Waals surface area contributed by atoms with Crippen LogP contribution in [0.25, 0.3) is 22.1 Å². The Bertz CT molecular complexity index is 1420. The molecule has 1 aromatic heterocycles. The van der Waals surface area contributed by atoms with Gasteiger partial charge in [-0.05, 0) is 25.1 Å². The number of carbonyl (C=O) groups excluding carboxylic acids is 1. The number of furan rings is 1. The van der Waals surface area contributed by atoms with Crippen molar-refractivity contribution in [3.05, 3.63) is 83.4 Å². The lowest BCUT2D eigenvalue weighted by Gasteiger charge is -2.30. The second kappa shape index (κ2) is 8.42. The van der Waals surface area contributed by atoms with E-state index >= 15 is 0 Å². The van der Waals surface area contributed by atoms with E-state index in [2.05, 4.69) is 5.43 Å². The maximum atomic E-state index is 14.6.